The number of carbonyl (C=O) groups is 1. The molecule has 0 aromatic carbocycles. The Morgan fingerprint density at radius 1 is 1.50 bits per heavy atom. The fraction of sp³-hybridized carbons (Fsp3) is 0.500. The lowest BCUT2D eigenvalue weighted by molar-refractivity contribution is -0.0440. The standard InChI is InChI=1S/C12H15N7O7/c1-18(17-25)12(24)14-5-7(21)4(2-20)26-10(5)19-3-13-6-8(19)15-11(23)16-9(6)22/h3-5,7,10,20-21H,2H2,1H3,(H,14,24)(H2,15,16,22,23)/t4-,5?,7-,10-/m1/s1. The monoisotopic (exact) mass is 369 g/mol. The Hall–Kier alpha value is -3.10. The molecule has 0 aliphatic carbocycles. The number of fused-ring (bicyclic) bond motifs is 1. The Labute approximate surface area is 143 Å². The zero-order chi connectivity index (χ0) is 19.0. The molecule has 2 amide bonds. The number of hydrogen-bond donors (Lipinski definition) is 5. The second-order valence-electron chi connectivity index (χ2n) is 5.58. The van der Waals surface area contributed by atoms with Gasteiger partial charge in [-0.05, 0) is 0 Å². The van der Waals surface area contributed by atoms with Crippen LogP contribution in [0.2, 0.25) is 0 Å². The van der Waals surface area contributed by atoms with Crippen molar-refractivity contribution in [3.05, 3.63) is 32.1 Å². The fourth-order valence-electron chi connectivity index (χ4n) is 2.71. The zero-order valence-corrected chi connectivity index (χ0v) is 13.3. The van der Waals surface area contributed by atoms with Crippen LogP contribution < -0.4 is 16.6 Å². The molecule has 1 saturated heterocycles. The summed E-state index contributed by atoms with van der Waals surface area (Å²) in [5.41, 5.74) is -1.61. The molecule has 140 valence electrons. The second-order valence-corrected chi connectivity index (χ2v) is 5.58. The van der Waals surface area contributed by atoms with Crippen molar-refractivity contribution in [2.45, 2.75) is 24.5 Å². The van der Waals surface area contributed by atoms with E-state index in [1.807, 2.05) is 4.98 Å². The molecule has 14 heteroatoms. The van der Waals surface area contributed by atoms with Gasteiger partial charge in [0.05, 0.1) is 18.2 Å². The topological polar surface area (TPSA) is 195 Å². The maximum atomic E-state index is 11.9. The van der Waals surface area contributed by atoms with Crippen LogP contribution >= 0.6 is 0 Å². The highest BCUT2D eigenvalue weighted by atomic mass is 16.5. The van der Waals surface area contributed by atoms with Crippen LogP contribution in [0.3, 0.4) is 0 Å². The van der Waals surface area contributed by atoms with Gasteiger partial charge >= 0.3 is 11.7 Å². The minimum absolute atomic E-state index is 0.00402. The highest BCUT2D eigenvalue weighted by molar-refractivity contribution is 5.74. The van der Waals surface area contributed by atoms with E-state index in [-0.39, 0.29) is 11.2 Å². The normalized spacial score (nSPS) is 25.3. The summed E-state index contributed by atoms with van der Waals surface area (Å²) in [6.07, 6.45) is -2.37. The Balaban J connectivity index is 2.03. The number of urea groups is 1. The fourth-order valence-corrected chi connectivity index (χ4v) is 2.71. The molecule has 3 rings (SSSR count). The molecular formula is C12H15N7O7. The van der Waals surface area contributed by atoms with Crippen LogP contribution in [0.5, 0.6) is 0 Å². The van der Waals surface area contributed by atoms with Gasteiger partial charge in [-0.1, -0.05) is 0 Å². The first-order valence-corrected chi connectivity index (χ1v) is 7.38. The third kappa shape index (κ3) is 2.85. The quantitative estimate of drug-likeness (QED) is 0.285. The number of ether oxygens (including phenoxy) is 1. The third-order valence-corrected chi connectivity index (χ3v) is 4.00. The van der Waals surface area contributed by atoms with Gasteiger partial charge < -0.3 is 20.3 Å². The number of nitrogens with zero attached hydrogens (tertiary/aromatic N) is 4. The number of nitrogens with one attached hydrogen (secondary N) is 3. The van der Waals surface area contributed by atoms with Crippen molar-refractivity contribution >= 4 is 17.2 Å². The molecule has 1 aliphatic rings. The lowest BCUT2D eigenvalue weighted by Gasteiger charge is -2.23. The van der Waals surface area contributed by atoms with E-state index in [9.17, 15) is 29.5 Å². The van der Waals surface area contributed by atoms with Crippen molar-refractivity contribution in [1.29, 1.82) is 0 Å². The van der Waals surface area contributed by atoms with Crippen LogP contribution in [0.4, 0.5) is 4.79 Å². The Bertz CT molecular complexity index is 949. The van der Waals surface area contributed by atoms with Gasteiger partial charge in [0.25, 0.3) is 5.56 Å². The maximum Gasteiger partial charge on any atom is 0.340 e. The molecule has 0 radical (unpaired) electrons. The van der Waals surface area contributed by atoms with Crippen molar-refractivity contribution in [2.75, 3.05) is 13.7 Å². The van der Waals surface area contributed by atoms with Crippen molar-refractivity contribution in [2.24, 2.45) is 5.29 Å². The summed E-state index contributed by atoms with van der Waals surface area (Å²) in [5, 5.41) is 24.9. The summed E-state index contributed by atoms with van der Waals surface area (Å²) in [4.78, 5) is 54.0. The molecule has 2 aromatic rings. The van der Waals surface area contributed by atoms with Gasteiger partial charge in [-0.3, -0.25) is 19.3 Å². The van der Waals surface area contributed by atoms with Gasteiger partial charge in [0, 0.05) is 7.05 Å². The first-order chi connectivity index (χ1) is 12.4. The van der Waals surface area contributed by atoms with Gasteiger partial charge in [-0.2, -0.15) is 5.01 Å². The predicted molar refractivity (Wildman–Crippen MR) is 83.9 cm³/mol. The van der Waals surface area contributed by atoms with Crippen molar-refractivity contribution in [1.82, 2.24) is 29.8 Å². The maximum absolute atomic E-state index is 11.9. The molecule has 5 N–H and O–H groups in total. The van der Waals surface area contributed by atoms with E-state index in [0.717, 1.165) is 7.05 Å². The summed E-state index contributed by atoms with van der Waals surface area (Å²) in [6.45, 7) is -0.560. The average molecular weight is 369 g/mol. The summed E-state index contributed by atoms with van der Waals surface area (Å²) >= 11 is 0. The second kappa shape index (κ2) is 6.66. The summed E-state index contributed by atoms with van der Waals surface area (Å²) in [5.74, 6) is 0. The number of carbonyl (C=O) groups excluding carboxylic acids is 1. The van der Waals surface area contributed by atoms with Crippen LogP contribution in [0.25, 0.3) is 11.2 Å². The van der Waals surface area contributed by atoms with E-state index in [0.29, 0.717) is 5.01 Å². The Morgan fingerprint density at radius 2 is 2.23 bits per heavy atom. The smallest absolute Gasteiger partial charge is 0.340 e. The molecule has 3 heterocycles. The van der Waals surface area contributed by atoms with Gasteiger partial charge in [0.1, 0.15) is 23.9 Å². The van der Waals surface area contributed by atoms with Crippen molar-refractivity contribution in [3.63, 3.8) is 0 Å². The molecule has 0 spiro atoms. The SMILES string of the molecule is CN(N=O)C(=O)NC1[C@H](n2cnc3c(=O)[nH]c(=O)[nH]c32)O[C@H](CO)[C@H]1O. The van der Waals surface area contributed by atoms with Gasteiger partial charge in [-0.15, -0.1) is 4.91 Å². The molecule has 0 bridgehead atoms. The lowest BCUT2D eigenvalue weighted by Crippen LogP contribution is -2.49. The first-order valence-electron chi connectivity index (χ1n) is 7.38. The van der Waals surface area contributed by atoms with Gasteiger partial charge in [0.15, 0.2) is 11.7 Å². The molecule has 1 aliphatic heterocycles. The highest BCUT2D eigenvalue weighted by Gasteiger charge is 2.46. The number of aromatic nitrogens is 4. The number of rotatable bonds is 4. The Morgan fingerprint density at radius 3 is 2.88 bits per heavy atom. The summed E-state index contributed by atoms with van der Waals surface area (Å²) < 4.78 is 6.76. The number of imidazole rings is 1. The lowest BCUT2D eigenvalue weighted by atomic mass is 10.1. The number of H-pyrrole nitrogens is 2. The molecule has 1 unspecified atom stereocenters. The van der Waals surface area contributed by atoms with E-state index >= 15 is 0 Å². The number of nitroso groups, excluding NO2 is 1. The van der Waals surface area contributed by atoms with Crippen molar-refractivity contribution < 1.29 is 19.7 Å². The van der Waals surface area contributed by atoms with E-state index < -0.39 is 48.4 Å². The molecule has 2 aromatic heterocycles. The van der Waals surface area contributed by atoms with Crippen LogP contribution in [0.15, 0.2) is 21.2 Å². The predicted octanol–water partition coefficient (Wildman–Crippen LogP) is -2.65. The molecule has 1 fully saturated rings. The summed E-state index contributed by atoms with van der Waals surface area (Å²) in [7, 11) is 1.10. The van der Waals surface area contributed by atoms with Crippen LogP contribution in [-0.2, 0) is 4.74 Å². The minimum atomic E-state index is -1.35. The number of aliphatic hydroxyl groups is 2. The van der Waals surface area contributed by atoms with Crippen molar-refractivity contribution in [3.8, 4) is 0 Å². The largest absolute Gasteiger partial charge is 0.394 e. The molecule has 0 saturated carbocycles. The number of aromatic amines is 2. The average Bonchev–Trinajstić information content (AvgIpc) is 3.16. The molecule has 14 nitrogen and oxygen atoms in total. The molecule has 4 atom stereocenters. The molecular weight excluding hydrogens is 354 g/mol. The Kier molecular flexibility index (Phi) is 4.54. The van der Waals surface area contributed by atoms with E-state index in [4.69, 9.17) is 4.74 Å². The third-order valence-electron chi connectivity index (χ3n) is 4.00. The first kappa shape index (κ1) is 17.7. The van der Waals surface area contributed by atoms with E-state index in [1.165, 1.54) is 10.9 Å². The van der Waals surface area contributed by atoms with Crippen LogP contribution in [0, 0.1) is 4.91 Å². The van der Waals surface area contributed by atoms with Crippen LogP contribution in [0.1, 0.15) is 6.23 Å². The number of hydrogen-bond acceptors (Lipinski definition) is 9. The zero-order valence-electron chi connectivity index (χ0n) is 13.3. The van der Waals surface area contributed by atoms with Gasteiger partial charge in [0.2, 0.25) is 0 Å². The highest BCUT2D eigenvalue weighted by Crippen LogP contribution is 2.30. The molecule has 26 heavy (non-hydrogen) atoms. The van der Waals surface area contributed by atoms with Gasteiger partial charge in [-0.25, -0.2) is 14.6 Å². The van der Waals surface area contributed by atoms with E-state index in [2.05, 4.69) is 20.6 Å². The van der Waals surface area contributed by atoms with E-state index in [1.54, 1.807) is 0 Å². The number of aliphatic hydroxyl groups excluding tert-OH is 2. The minimum Gasteiger partial charge on any atom is -0.394 e. The van der Waals surface area contributed by atoms with Crippen LogP contribution in [-0.4, -0.2) is 72.7 Å². The summed E-state index contributed by atoms with van der Waals surface area (Å²) in [6, 6.07) is -2.06. The number of amides is 2.